The van der Waals surface area contributed by atoms with Gasteiger partial charge in [-0.05, 0) is 30.7 Å². The molecule has 21 heavy (non-hydrogen) atoms. The second-order valence-electron chi connectivity index (χ2n) is 4.77. The molecule has 2 aromatic rings. The van der Waals surface area contributed by atoms with Crippen molar-refractivity contribution >= 4 is 33.2 Å². The van der Waals surface area contributed by atoms with E-state index >= 15 is 0 Å². The number of nitrogens with two attached hydrogens (primary N) is 1. The van der Waals surface area contributed by atoms with Gasteiger partial charge in [0.15, 0.2) is 0 Å². The zero-order chi connectivity index (χ0) is 15.2. The van der Waals surface area contributed by atoms with Crippen LogP contribution in [0.4, 0.5) is 0 Å². The third-order valence-electron chi connectivity index (χ3n) is 3.12. The lowest BCUT2D eigenvalue weighted by Crippen LogP contribution is -2.29. The van der Waals surface area contributed by atoms with Crippen LogP contribution in [-0.4, -0.2) is 35.9 Å². The molecule has 0 aliphatic carbocycles. The molecule has 0 atom stereocenters. The van der Waals surface area contributed by atoms with E-state index in [0.29, 0.717) is 18.8 Å². The van der Waals surface area contributed by atoms with Crippen LogP contribution < -0.4 is 5.73 Å². The highest BCUT2D eigenvalue weighted by molar-refractivity contribution is 9.10. The lowest BCUT2D eigenvalue weighted by Gasteiger charge is -2.15. The zero-order valence-corrected chi connectivity index (χ0v) is 14.3. The number of hydrogen-bond donors (Lipinski definition) is 1. The topological polar surface area (TPSA) is 59.2 Å². The Labute approximate surface area is 137 Å². The van der Waals surface area contributed by atoms with Crippen molar-refractivity contribution in [3.63, 3.8) is 0 Å². The first-order valence-corrected chi connectivity index (χ1v) is 8.42. The summed E-state index contributed by atoms with van der Waals surface area (Å²) >= 11 is 4.91. The van der Waals surface area contributed by atoms with E-state index in [1.54, 1.807) is 4.90 Å². The Balaban J connectivity index is 1.91. The minimum Gasteiger partial charge on any atom is -0.340 e. The summed E-state index contributed by atoms with van der Waals surface area (Å²) in [6, 6.07) is 8.14. The van der Waals surface area contributed by atoms with Crippen molar-refractivity contribution < 1.29 is 4.79 Å². The van der Waals surface area contributed by atoms with Gasteiger partial charge in [-0.3, -0.25) is 4.79 Å². The van der Waals surface area contributed by atoms with Gasteiger partial charge < -0.3 is 10.6 Å². The molecular weight excluding hydrogens is 350 g/mol. The largest absolute Gasteiger partial charge is 0.340 e. The Hall–Kier alpha value is -1.24. The van der Waals surface area contributed by atoms with Crippen molar-refractivity contribution in [2.45, 2.75) is 12.8 Å². The molecule has 1 aromatic carbocycles. The number of carbonyl (C=O) groups is 1. The number of amides is 1. The normalized spacial score (nSPS) is 10.6. The van der Waals surface area contributed by atoms with Crippen LogP contribution in [0.2, 0.25) is 0 Å². The number of rotatable bonds is 6. The first kappa shape index (κ1) is 16.1. The number of benzene rings is 1. The third kappa shape index (κ3) is 4.62. The summed E-state index contributed by atoms with van der Waals surface area (Å²) in [5.41, 5.74) is 7.22. The summed E-state index contributed by atoms with van der Waals surface area (Å²) < 4.78 is 1.06. The van der Waals surface area contributed by atoms with Crippen LogP contribution in [0, 0.1) is 0 Å². The number of hydrogen-bond acceptors (Lipinski definition) is 4. The molecule has 0 bridgehead atoms. The summed E-state index contributed by atoms with van der Waals surface area (Å²) in [7, 11) is 1.81. The van der Waals surface area contributed by atoms with Crippen molar-refractivity contribution in [1.82, 2.24) is 9.88 Å². The molecule has 0 radical (unpaired) electrons. The predicted molar refractivity (Wildman–Crippen MR) is 89.7 cm³/mol. The predicted octanol–water partition coefficient (Wildman–Crippen LogP) is 2.72. The van der Waals surface area contributed by atoms with E-state index in [-0.39, 0.29) is 5.91 Å². The molecule has 4 nitrogen and oxygen atoms in total. The second kappa shape index (κ2) is 7.68. The Kier molecular flexibility index (Phi) is 5.90. The maximum absolute atomic E-state index is 12.3. The standard InChI is InChI=1S/C15H18BrN3OS/c1-19(9-7-11-2-4-12(16)5-3-11)15(20)13-10-21-14(18-13)6-8-17/h2-5,10H,6-9,17H2,1H3. The highest BCUT2D eigenvalue weighted by Gasteiger charge is 2.15. The molecule has 6 heteroatoms. The van der Waals surface area contributed by atoms with Crippen LogP contribution in [0.5, 0.6) is 0 Å². The van der Waals surface area contributed by atoms with Crippen LogP contribution in [0.3, 0.4) is 0 Å². The van der Waals surface area contributed by atoms with E-state index in [0.717, 1.165) is 22.3 Å². The molecule has 0 unspecified atom stereocenters. The van der Waals surface area contributed by atoms with Gasteiger partial charge >= 0.3 is 0 Å². The first-order chi connectivity index (χ1) is 10.1. The van der Waals surface area contributed by atoms with Gasteiger partial charge in [-0.25, -0.2) is 4.98 Å². The SMILES string of the molecule is CN(CCc1ccc(Br)cc1)C(=O)c1csc(CCN)n1. The highest BCUT2D eigenvalue weighted by atomic mass is 79.9. The van der Waals surface area contributed by atoms with E-state index in [4.69, 9.17) is 5.73 Å². The van der Waals surface area contributed by atoms with Gasteiger partial charge in [-0.15, -0.1) is 11.3 Å². The molecule has 0 fully saturated rings. The van der Waals surface area contributed by atoms with Gasteiger partial charge in [-0.2, -0.15) is 0 Å². The molecule has 112 valence electrons. The molecule has 0 aliphatic heterocycles. The molecule has 0 saturated carbocycles. The van der Waals surface area contributed by atoms with E-state index < -0.39 is 0 Å². The minimum atomic E-state index is -0.0355. The number of nitrogens with zero attached hydrogens (tertiary/aromatic N) is 2. The molecule has 1 heterocycles. The number of aromatic nitrogens is 1. The molecular formula is C15H18BrN3OS. The first-order valence-electron chi connectivity index (χ1n) is 6.74. The minimum absolute atomic E-state index is 0.0355. The molecule has 1 aromatic heterocycles. The van der Waals surface area contributed by atoms with Crippen molar-refractivity contribution in [2.24, 2.45) is 5.73 Å². The number of halogens is 1. The number of likely N-dealkylation sites (N-methyl/N-ethyl adjacent to an activating group) is 1. The third-order valence-corrected chi connectivity index (χ3v) is 4.56. The van der Waals surface area contributed by atoms with Crippen LogP contribution >= 0.6 is 27.3 Å². The van der Waals surface area contributed by atoms with E-state index in [2.05, 4.69) is 33.0 Å². The number of thiazole rings is 1. The van der Waals surface area contributed by atoms with Crippen molar-refractivity contribution in [2.75, 3.05) is 20.1 Å². The fourth-order valence-electron chi connectivity index (χ4n) is 1.89. The summed E-state index contributed by atoms with van der Waals surface area (Å²) in [6.07, 6.45) is 1.55. The van der Waals surface area contributed by atoms with Gasteiger partial charge in [0.05, 0.1) is 5.01 Å². The van der Waals surface area contributed by atoms with Crippen LogP contribution in [-0.2, 0) is 12.8 Å². The summed E-state index contributed by atoms with van der Waals surface area (Å²) in [4.78, 5) is 18.3. The van der Waals surface area contributed by atoms with Gasteiger partial charge in [-0.1, -0.05) is 28.1 Å². The second-order valence-corrected chi connectivity index (χ2v) is 6.63. The van der Waals surface area contributed by atoms with E-state index in [1.807, 2.05) is 24.6 Å². The summed E-state index contributed by atoms with van der Waals surface area (Å²) in [6.45, 7) is 1.23. The maximum atomic E-state index is 12.3. The molecule has 2 rings (SSSR count). The van der Waals surface area contributed by atoms with Crippen molar-refractivity contribution in [3.05, 3.63) is 50.4 Å². The number of carbonyl (C=O) groups excluding carboxylic acids is 1. The maximum Gasteiger partial charge on any atom is 0.273 e. The van der Waals surface area contributed by atoms with Crippen LogP contribution in [0.15, 0.2) is 34.1 Å². The quantitative estimate of drug-likeness (QED) is 0.853. The van der Waals surface area contributed by atoms with Crippen LogP contribution in [0.1, 0.15) is 21.1 Å². The molecule has 0 spiro atoms. The van der Waals surface area contributed by atoms with Crippen LogP contribution in [0.25, 0.3) is 0 Å². The fourth-order valence-corrected chi connectivity index (χ4v) is 2.94. The highest BCUT2D eigenvalue weighted by Crippen LogP contribution is 2.13. The Bertz CT molecular complexity index is 597. The fraction of sp³-hybridized carbons (Fsp3) is 0.333. The van der Waals surface area contributed by atoms with Gasteiger partial charge in [0.25, 0.3) is 5.91 Å². The average Bonchev–Trinajstić information content (AvgIpc) is 2.94. The molecule has 1 amide bonds. The monoisotopic (exact) mass is 367 g/mol. The molecule has 0 aliphatic rings. The van der Waals surface area contributed by atoms with Gasteiger partial charge in [0.1, 0.15) is 5.69 Å². The molecule has 0 saturated heterocycles. The van der Waals surface area contributed by atoms with Gasteiger partial charge in [0, 0.05) is 29.9 Å². The lowest BCUT2D eigenvalue weighted by atomic mass is 10.1. The van der Waals surface area contributed by atoms with Crippen molar-refractivity contribution in [1.29, 1.82) is 0 Å². The van der Waals surface area contributed by atoms with E-state index in [9.17, 15) is 4.79 Å². The van der Waals surface area contributed by atoms with Gasteiger partial charge in [0.2, 0.25) is 0 Å². The lowest BCUT2D eigenvalue weighted by molar-refractivity contribution is 0.0791. The Morgan fingerprint density at radius 3 is 2.71 bits per heavy atom. The Morgan fingerprint density at radius 1 is 1.33 bits per heavy atom. The average molecular weight is 368 g/mol. The Morgan fingerprint density at radius 2 is 2.05 bits per heavy atom. The van der Waals surface area contributed by atoms with Crippen molar-refractivity contribution in [3.8, 4) is 0 Å². The smallest absolute Gasteiger partial charge is 0.273 e. The van der Waals surface area contributed by atoms with E-state index in [1.165, 1.54) is 16.9 Å². The zero-order valence-electron chi connectivity index (χ0n) is 11.9. The summed E-state index contributed by atoms with van der Waals surface area (Å²) in [5.74, 6) is -0.0355. The summed E-state index contributed by atoms with van der Waals surface area (Å²) in [5, 5.41) is 2.73. The molecule has 2 N–H and O–H groups in total.